The van der Waals surface area contributed by atoms with E-state index in [0.29, 0.717) is 11.4 Å². The van der Waals surface area contributed by atoms with Gasteiger partial charge < -0.3 is 20.6 Å². The van der Waals surface area contributed by atoms with Crippen molar-refractivity contribution >= 4 is 29.0 Å². The number of urea groups is 1. The van der Waals surface area contributed by atoms with Crippen molar-refractivity contribution in [3.05, 3.63) is 23.2 Å². The summed E-state index contributed by atoms with van der Waals surface area (Å²) in [7, 11) is 0. The first kappa shape index (κ1) is 16.9. The molecule has 1 fully saturated rings. The molecule has 3 N–H and O–H groups in total. The van der Waals surface area contributed by atoms with Crippen LogP contribution in [0, 0.1) is 0 Å². The first-order chi connectivity index (χ1) is 10.6. The first-order valence-corrected chi connectivity index (χ1v) is 8.21. The second-order valence-electron chi connectivity index (χ2n) is 5.72. The van der Waals surface area contributed by atoms with Crippen LogP contribution in [0.3, 0.4) is 0 Å². The smallest absolute Gasteiger partial charge is 0.319 e. The Bertz CT molecular complexity index is 504. The molecule has 0 unspecified atom stereocenters. The van der Waals surface area contributed by atoms with Crippen LogP contribution in [0.5, 0.6) is 0 Å². The number of benzene rings is 1. The van der Waals surface area contributed by atoms with Crippen LogP contribution in [0.1, 0.15) is 32.6 Å². The summed E-state index contributed by atoms with van der Waals surface area (Å²) < 4.78 is 0. The van der Waals surface area contributed by atoms with Crippen molar-refractivity contribution in [2.24, 2.45) is 0 Å². The standard InChI is InChI=1S/C16H24ClN3O2/c1-12(7-10-21)18-16(22)19-14-11-13(17)5-6-15(14)20-8-3-2-4-9-20/h5-6,11-12,21H,2-4,7-10H2,1H3,(H2,18,19,22)/t12-/m1/s1. The Morgan fingerprint density at radius 3 is 2.77 bits per heavy atom. The summed E-state index contributed by atoms with van der Waals surface area (Å²) in [5.74, 6) is 0. The van der Waals surface area contributed by atoms with Crippen molar-refractivity contribution in [2.45, 2.75) is 38.6 Å². The topological polar surface area (TPSA) is 64.6 Å². The molecule has 1 aromatic rings. The lowest BCUT2D eigenvalue weighted by atomic mass is 10.1. The van der Waals surface area contributed by atoms with Gasteiger partial charge in [-0.2, -0.15) is 0 Å². The van der Waals surface area contributed by atoms with E-state index >= 15 is 0 Å². The highest BCUT2D eigenvalue weighted by molar-refractivity contribution is 6.31. The fourth-order valence-electron chi connectivity index (χ4n) is 2.67. The van der Waals surface area contributed by atoms with Gasteiger partial charge in [-0.05, 0) is 50.8 Å². The molecule has 6 heteroatoms. The van der Waals surface area contributed by atoms with Gasteiger partial charge in [0, 0.05) is 30.8 Å². The van der Waals surface area contributed by atoms with Gasteiger partial charge in [0.15, 0.2) is 0 Å². The van der Waals surface area contributed by atoms with E-state index in [1.54, 1.807) is 6.07 Å². The summed E-state index contributed by atoms with van der Waals surface area (Å²) in [6.07, 6.45) is 4.12. The van der Waals surface area contributed by atoms with E-state index in [0.717, 1.165) is 24.5 Å². The fourth-order valence-corrected chi connectivity index (χ4v) is 2.84. The lowest BCUT2D eigenvalue weighted by Gasteiger charge is -2.30. The number of piperidine rings is 1. The lowest BCUT2D eigenvalue weighted by Crippen LogP contribution is -2.37. The zero-order valence-electron chi connectivity index (χ0n) is 12.9. The van der Waals surface area contributed by atoms with Gasteiger partial charge in [-0.1, -0.05) is 11.6 Å². The van der Waals surface area contributed by atoms with Gasteiger partial charge in [0.1, 0.15) is 0 Å². The number of carbonyl (C=O) groups is 1. The largest absolute Gasteiger partial charge is 0.396 e. The third-order valence-corrected chi connectivity index (χ3v) is 4.08. The van der Waals surface area contributed by atoms with Crippen LogP contribution in [0.15, 0.2) is 18.2 Å². The number of carbonyl (C=O) groups excluding carboxylic acids is 1. The van der Waals surface area contributed by atoms with Crippen molar-refractivity contribution in [1.82, 2.24) is 5.32 Å². The van der Waals surface area contributed by atoms with Gasteiger partial charge in [0.25, 0.3) is 0 Å². The van der Waals surface area contributed by atoms with E-state index in [2.05, 4.69) is 15.5 Å². The molecule has 22 heavy (non-hydrogen) atoms. The van der Waals surface area contributed by atoms with Crippen LogP contribution in [0.25, 0.3) is 0 Å². The third kappa shape index (κ3) is 4.78. The van der Waals surface area contributed by atoms with Crippen LogP contribution in [0.2, 0.25) is 5.02 Å². The van der Waals surface area contributed by atoms with Crippen molar-refractivity contribution in [1.29, 1.82) is 0 Å². The van der Waals surface area contributed by atoms with Crippen LogP contribution in [0.4, 0.5) is 16.2 Å². The van der Waals surface area contributed by atoms with Crippen LogP contribution in [-0.4, -0.2) is 36.9 Å². The number of hydrogen-bond acceptors (Lipinski definition) is 3. The Morgan fingerprint density at radius 1 is 1.36 bits per heavy atom. The zero-order valence-corrected chi connectivity index (χ0v) is 13.7. The Kier molecular flexibility index (Phi) is 6.34. The molecule has 1 aliphatic rings. The van der Waals surface area contributed by atoms with Crippen molar-refractivity contribution in [3.8, 4) is 0 Å². The molecule has 5 nitrogen and oxygen atoms in total. The van der Waals surface area contributed by atoms with Gasteiger partial charge in [-0.15, -0.1) is 0 Å². The molecule has 1 atom stereocenters. The SMILES string of the molecule is C[C@H](CCO)NC(=O)Nc1cc(Cl)ccc1N1CCCCC1. The maximum Gasteiger partial charge on any atom is 0.319 e. The average molecular weight is 326 g/mol. The monoisotopic (exact) mass is 325 g/mol. The Labute approximate surface area is 136 Å². The van der Waals surface area contributed by atoms with Crippen LogP contribution < -0.4 is 15.5 Å². The Hall–Kier alpha value is -1.46. The number of anilines is 2. The van der Waals surface area contributed by atoms with E-state index in [4.69, 9.17) is 16.7 Å². The highest BCUT2D eigenvalue weighted by Gasteiger charge is 2.16. The van der Waals surface area contributed by atoms with Gasteiger partial charge in [-0.25, -0.2) is 4.79 Å². The number of aliphatic hydroxyl groups is 1. The quantitative estimate of drug-likeness (QED) is 0.778. The molecule has 122 valence electrons. The van der Waals surface area contributed by atoms with Crippen LogP contribution in [-0.2, 0) is 0 Å². The molecule has 1 heterocycles. The molecular formula is C16H24ClN3O2. The van der Waals surface area contributed by atoms with Gasteiger partial charge >= 0.3 is 6.03 Å². The maximum absolute atomic E-state index is 12.1. The minimum Gasteiger partial charge on any atom is -0.396 e. The summed E-state index contributed by atoms with van der Waals surface area (Å²) in [5.41, 5.74) is 1.73. The van der Waals surface area contributed by atoms with Crippen molar-refractivity contribution < 1.29 is 9.90 Å². The molecule has 0 aromatic heterocycles. The Balaban J connectivity index is 2.08. The molecule has 0 spiro atoms. The van der Waals surface area contributed by atoms with E-state index < -0.39 is 0 Å². The summed E-state index contributed by atoms with van der Waals surface area (Å²) in [5, 5.41) is 15.2. The van der Waals surface area contributed by atoms with Crippen molar-refractivity contribution in [3.63, 3.8) is 0 Å². The van der Waals surface area contributed by atoms with Crippen LogP contribution >= 0.6 is 11.6 Å². The number of hydrogen-bond donors (Lipinski definition) is 3. The molecule has 1 saturated heterocycles. The Morgan fingerprint density at radius 2 is 2.09 bits per heavy atom. The number of nitrogens with zero attached hydrogens (tertiary/aromatic N) is 1. The summed E-state index contributed by atoms with van der Waals surface area (Å²) in [6, 6.07) is 5.23. The molecule has 2 rings (SSSR count). The second kappa shape index (κ2) is 8.25. The number of amides is 2. The first-order valence-electron chi connectivity index (χ1n) is 7.83. The predicted molar refractivity (Wildman–Crippen MR) is 90.8 cm³/mol. The lowest BCUT2D eigenvalue weighted by molar-refractivity contribution is 0.241. The van der Waals surface area contributed by atoms with Gasteiger partial charge in [0.2, 0.25) is 0 Å². The second-order valence-corrected chi connectivity index (χ2v) is 6.16. The highest BCUT2D eigenvalue weighted by atomic mass is 35.5. The highest BCUT2D eigenvalue weighted by Crippen LogP contribution is 2.31. The fraction of sp³-hybridized carbons (Fsp3) is 0.562. The van der Waals surface area contributed by atoms with E-state index in [1.165, 1.54) is 19.3 Å². The molecule has 1 aliphatic heterocycles. The van der Waals surface area contributed by atoms with Gasteiger partial charge in [-0.3, -0.25) is 0 Å². The number of nitrogens with one attached hydrogen (secondary N) is 2. The maximum atomic E-state index is 12.1. The van der Waals surface area contributed by atoms with Crippen molar-refractivity contribution in [2.75, 3.05) is 29.9 Å². The third-order valence-electron chi connectivity index (χ3n) is 3.84. The summed E-state index contributed by atoms with van der Waals surface area (Å²) in [6.45, 7) is 3.91. The number of halogens is 1. The minimum atomic E-state index is -0.276. The normalized spacial score (nSPS) is 16.2. The van der Waals surface area contributed by atoms with E-state index in [9.17, 15) is 4.79 Å². The van der Waals surface area contributed by atoms with E-state index in [-0.39, 0.29) is 18.7 Å². The molecule has 2 amide bonds. The summed E-state index contributed by atoms with van der Waals surface area (Å²) in [4.78, 5) is 14.4. The molecule has 0 aliphatic carbocycles. The zero-order chi connectivity index (χ0) is 15.9. The molecular weight excluding hydrogens is 302 g/mol. The summed E-state index contributed by atoms with van der Waals surface area (Å²) >= 11 is 6.07. The number of rotatable bonds is 5. The molecule has 1 aromatic carbocycles. The molecule has 0 saturated carbocycles. The minimum absolute atomic E-state index is 0.0532. The van der Waals surface area contributed by atoms with Gasteiger partial charge in [0.05, 0.1) is 11.4 Å². The molecule has 0 bridgehead atoms. The predicted octanol–water partition coefficient (Wildman–Crippen LogP) is 3.22. The molecule has 0 radical (unpaired) electrons. The van der Waals surface area contributed by atoms with E-state index in [1.807, 2.05) is 19.1 Å². The average Bonchev–Trinajstić information content (AvgIpc) is 2.48. The number of aliphatic hydroxyl groups excluding tert-OH is 1.